The van der Waals surface area contributed by atoms with Gasteiger partial charge in [-0.25, -0.2) is 4.98 Å². The van der Waals surface area contributed by atoms with Gasteiger partial charge in [-0.05, 0) is 37.3 Å². The fourth-order valence-electron chi connectivity index (χ4n) is 2.25. The molecule has 0 bridgehead atoms. The van der Waals surface area contributed by atoms with Crippen LogP contribution >= 0.6 is 22.9 Å². The third kappa shape index (κ3) is 2.69. The van der Waals surface area contributed by atoms with E-state index in [2.05, 4.69) is 11.1 Å². The lowest BCUT2D eigenvalue weighted by atomic mass is 10.0. The Morgan fingerprint density at radius 2 is 2.05 bits per heavy atom. The Labute approximate surface area is 137 Å². The van der Waals surface area contributed by atoms with Crippen LogP contribution < -0.4 is 5.73 Å². The molecule has 0 aliphatic heterocycles. The van der Waals surface area contributed by atoms with Crippen LogP contribution in [0.5, 0.6) is 0 Å². The number of aromatic nitrogens is 1. The number of nitrogen functional groups attached to an aromatic ring is 1. The quantitative estimate of drug-likeness (QED) is 0.729. The van der Waals surface area contributed by atoms with Crippen molar-refractivity contribution in [3.8, 4) is 27.8 Å². The van der Waals surface area contributed by atoms with E-state index in [0.29, 0.717) is 16.3 Å². The van der Waals surface area contributed by atoms with Crippen molar-refractivity contribution in [3.05, 3.63) is 57.9 Å². The first kappa shape index (κ1) is 14.6. The first-order valence-corrected chi connectivity index (χ1v) is 7.81. The molecule has 2 N–H and O–H groups in total. The summed E-state index contributed by atoms with van der Waals surface area (Å²) in [6.07, 6.45) is 0. The number of nitrogens with two attached hydrogens (primary N) is 1. The number of benzene rings is 1. The maximum atomic E-state index is 9.39. The predicted octanol–water partition coefficient (Wildman–Crippen LogP) is 4.89. The lowest BCUT2D eigenvalue weighted by Crippen LogP contribution is -1.99. The van der Waals surface area contributed by atoms with Crippen molar-refractivity contribution < 1.29 is 0 Å². The highest BCUT2D eigenvalue weighted by Gasteiger charge is 2.14. The predicted molar refractivity (Wildman–Crippen MR) is 91.9 cm³/mol. The number of anilines is 1. The molecule has 0 aliphatic carbocycles. The normalized spacial score (nSPS) is 10.4. The number of aryl methyl sites for hydroxylation is 1. The number of nitriles is 1. The van der Waals surface area contributed by atoms with Crippen molar-refractivity contribution in [1.82, 2.24) is 4.98 Å². The van der Waals surface area contributed by atoms with Gasteiger partial charge in [-0.1, -0.05) is 23.7 Å². The van der Waals surface area contributed by atoms with Gasteiger partial charge in [0, 0.05) is 25.9 Å². The smallest absolute Gasteiger partial charge is 0.142 e. The van der Waals surface area contributed by atoms with Crippen LogP contribution in [0.4, 0.5) is 5.82 Å². The minimum atomic E-state index is 0.237. The van der Waals surface area contributed by atoms with E-state index in [-0.39, 0.29) is 5.82 Å². The zero-order chi connectivity index (χ0) is 15.7. The second kappa shape index (κ2) is 5.80. The highest BCUT2D eigenvalue weighted by atomic mass is 35.5. The molecule has 2 heterocycles. The van der Waals surface area contributed by atoms with Crippen LogP contribution in [0.1, 0.15) is 10.4 Å². The highest BCUT2D eigenvalue weighted by Crippen LogP contribution is 2.35. The van der Waals surface area contributed by atoms with E-state index in [4.69, 9.17) is 17.3 Å². The summed E-state index contributed by atoms with van der Waals surface area (Å²) in [6, 6.07) is 15.5. The van der Waals surface area contributed by atoms with Gasteiger partial charge in [0.2, 0.25) is 0 Å². The van der Waals surface area contributed by atoms with Gasteiger partial charge >= 0.3 is 0 Å². The van der Waals surface area contributed by atoms with Crippen molar-refractivity contribution >= 4 is 28.8 Å². The second-order valence-corrected chi connectivity index (χ2v) is 6.57. The SMILES string of the molecule is Cc1ccc(-c2cc(-c3cccc(Cl)c3)nc(N)c2C#N)s1. The van der Waals surface area contributed by atoms with Crippen molar-refractivity contribution in [2.45, 2.75) is 6.92 Å². The van der Waals surface area contributed by atoms with Crippen LogP contribution in [-0.2, 0) is 0 Å². The molecule has 0 fully saturated rings. The summed E-state index contributed by atoms with van der Waals surface area (Å²) >= 11 is 7.67. The summed E-state index contributed by atoms with van der Waals surface area (Å²) in [5.41, 5.74) is 8.79. The Morgan fingerprint density at radius 1 is 1.23 bits per heavy atom. The number of rotatable bonds is 2. The largest absolute Gasteiger partial charge is 0.383 e. The number of nitrogens with zero attached hydrogens (tertiary/aromatic N) is 2. The molecule has 2 aromatic heterocycles. The highest BCUT2D eigenvalue weighted by molar-refractivity contribution is 7.15. The Balaban J connectivity index is 2.23. The van der Waals surface area contributed by atoms with Gasteiger partial charge in [-0.2, -0.15) is 5.26 Å². The lowest BCUT2D eigenvalue weighted by molar-refractivity contribution is 1.31. The third-order valence-electron chi connectivity index (χ3n) is 3.29. The maximum Gasteiger partial charge on any atom is 0.142 e. The molecule has 0 spiro atoms. The van der Waals surface area contributed by atoms with E-state index in [1.165, 1.54) is 4.88 Å². The molecule has 22 heavy (non-hydrogen) atoms. The van der Waals surface area contributed by atoms with Gasteiger partial charge in [0.05, 0.1) is 5.69 Å². The fraction of sp³-hybridized carbons (Fsp3) is 0.0588. The molecule has 0 aliphatic rings. The molecule has 0 amide bonds. The topological polar surface area (TPSA) is 62.7 Å². The molecule has 0 atom stereocenters. The summed E-state index contributed by atoms with van der Waals surface area (Å²) in [5, 5.41) is 10.0. The Kier molecular flexibility index (Phi) is 3.84. The number of pyridine rings is 1. The van der Waals surface area contributed by atoms with Gasteiger partial charge in [-0.15, -0.1) is 11.3 Å². The third-order valence-corrected chi connectivity index (χ3v) is 4.55. The van der Waals surface area contributed by atoms with Crippen LogP contribution in [-0.4, -0.2) is 4.98 Å². The molecule has 3 nitrogen and oxygen atoms in total. The van der Waals surface area contributed by atoms with Crippen molar-refractivity contribution in [3.63, 3.8) is 0 Å². The van der Waals surface area contributed by atoms with E-state index in [1.54, 1.807) is 11.3 Å². The minimum Gasteiger partial charge on any atom is -0.383 e. The van der Waals surface area contributed by atoms with Crippen molar-refractivity contribution in [2.24, 2.45) is 0 Å². The number of hydrogen-bond acceptors (Lipinski definition) is 4. The van der Waals surface area contributed by atoms with E-state index >= 15 is 0 Å². The van der Waals surface area contributed by atoms with Gasteiger partial charge in [0.25, 0.3) is 0 Å². The zero-order valence-corrected chi connectivity index (χ0v) is 13.4. The standard InChI is InChI=1S/C17H12ClN3S/c1-10-5-6-16(22-10)13-8-15(21-17(20)14(13)9-19)11-3-2-4-12(18)7-11/h2-8H,1H3,(H2,20,21). The average Bonchev–Trinajstić information content (AvgIpc) is 2.93. The zero-order valence-electron chi connectivity index (χ0n) is 11.8. The monoisotopic (exact) mass is 325 g/mol. The molecule has 0 saturated carbocycles. The number of thiophene rings is 1. The summed E-state index contributed by atoms with van der Waals surface area (Å²) < 4.78 is 0. The fourth-order valence-corrected chi connectivity index (χ4v) is 3.33. The molecule has 0 radical (unpaired) electrons. The van der Waals surface area contributed by atoms with Crippen LogP contribution in [0.2, 0.25) is 5.02 Å². The van der Waals surface area contributed by atoms with E-state index in [0.717, 1.165) is 16.0 Å². The second-order valence-electron chi connectivity index (χ2n) is 4.85. The Morgan fingerprint density at radius 3 is 2.68 bits per heavy atom. The lowest BCUT2D eigenvalue weighted by Gasteiger charge is -2.09. The minimum absolute atomic E-state index is 0.237. The van der Waals surface area contributed by atoms with E-state index < -0.39 is 0 Å². The van der Waals surface area contributed by atoms with E-state index in [9.17, 15) is 5.26 Å². The summed E-state index contributed by atoms with van der Waals surface area (Å²) in [4.78, 5) is 6.53. The Bertz CT molecular complexity index is 893. The van der Waals surface area contributed by atoms with Crippen LogP contribution in [0, 0.1) is 18.3 Å². The van der Waals surface area contributed by atoms with E-state index in [1.807, 2.05) is 49.4 Å². The molecular weight excluding hydrogens is 314 g/mol. The van der Waals surface area contributed by atoms with Gasteiger partial charge in [0.1, 0.15) is 17.5 Å². The number of halogens is 1. The van der Waals surface area contributed by atoms with Crippen LogP contribution in [0.3, 0.4) is 0 Å². The number of hydrogen-bond donors (Lipinski definition) is 1. The first-order valence-electron chi connectivity index (χ1n) is 6.62. The Hall–Kier alpha value is -2.35. The maximum absolute atomic E-state index is 9.39. The van der Waals surface area contributed by atoms with Crippen LogP contribution in [0.25, 0.3) is 21.7 Å². The molecule has 5 heteroatoms. The van der Waals surface area contributed by atoms with Crippen LogP contribution in [0.15, 0.2) is 42.5 Å². The average molecular weight is 326 g/mol. The molecule has 108 valence electrons. The molecule has 3 rings (SSSR count). The molecular formula is C17H12ClN3S. The molecule has 1 aromatic carbocycles. The summed E-state index contributed by atoms with van der Waals surface area (Å²) in [7, 11) is 0. The first-order chi connectivity index (χ1) is 10.6. The summed E-state index contributed by atoms with van der Waals surface area (Å²) in [6.45, 7) is 2.03. The van der Waals surface area contributed by atoms with Crippen molar-refractivity contribution in [2.75, 3.05) is 5.73 Å². The van der Waals surface area contributed by atoms with Gasteiger partial charge in [0.15, 0.2) is 0 Å². The van der Waals surface area contributed by atoms with Gasteiger partial charge in [-0.3, -0.25) is 0 Å². The van der Waals surface area contributed by atoms with Crippen molar-refractivity contribution in [1.29, 1.82) is 5.26 Å². The molecule has 0 saturated heterocycles. The van der Waals surface area contributed by atoms with Gasteiger partial charge < -0.3 is 5.73 Å². The summed E-state index contributed by atoms with van der Waals surface area (Å²) in [5.74, 6) is 0.237. The molecule has 0 unspecified atom stereocenters. The molecule has 3 aromatic rings.